The molecule has 0 atom stereocenters. The molecular weight excluding hydrogens is 258 g/mol. The standard InChI is InChI=1S/C13H21N5O2/c1-4-15-10(19)5-6-16-13(20)11-9(14)7-17-12(18-11)8(2)3/h7-8H,4-6,14H2,1-3H3,(H,15,19)(H,16,20). The Labute approximate surface area is 118 Å². The summed E-state index contributed by atoms with van der Waals surface area (Å²) in [4.78, 5) is 31.5. The molecule has 20 heavy (non-hydrogen) atoms. The summed E-state index contributed by atoms with van der Waals surface area (Å²) < 4.78 is 0. The molecule has 7 nitrogen and oxygen atoms in total. The van der Waals surface area contributed by atoms with Crippen LogP contribution in [-0.4, -0.2) is 34.9 Å². The fourth-order valence-corrected chi connectivity index (χ4v) is 1.52. The lowest BCUT2D eigenvalue weighted by molar-refractivity contribution is -0.120. The van der Waals surface area contributed by atoms with Gasteiger partial charge in [0.25, 0.3) is 5.91 Å². The third-order valence-corrected chi connectivity index (χ3v) is 2.58. The number of nitrogens with one attached hydrogen (secondary N) is 2. The zero-order chi connectivity index (χ0) is 15.1. The van der Waals surface area contributed by atoms with E-state index in [1.807, 2.05) is 20.8 Å². The van der Waals surface area contributed by atoms with Crippen LogP contribution in [0.1, 0.15) is 49.4 Å². The number of hydrogen-bond donors (Lipinski definition) is 3. The number of rotatable bonds is 6. The summed E-state index contributed by atoms with van der Waals surface area (Å²) in [7, 11) is 0. The highest BCUT2D eigenvalue weighted by Crippen LogP contribution is 2.13. The lowest BCUT2D eigenvalue weighted by Crippen LogP contribution is -2.31. The normalized spacial score (nSPS) is 10.4. The third-order valence-electron chi connectivity index (χ3n) is 2.58. The molecule has 0 unspecified atom stereocenters. The van der Waals surface area contributed by atoms with Crippen molar-refractivity contribution in [3.05, 3.63) is 17.7 Å². The highest BCUT2D eigenvalue weighted by molar-refractivity contribution is 5.97. The Hall–Kier alpha value is -2.18. The number of carbonyl (C=O) groups is 2. The summed E-state index contributed by atoms with van der Waals surface area (Å²) in [5, 5.41) is 5.28. The van der Waals surface area contributed by atoms with Crippen LogP contribution < -0.4 is 16.4 Å². The monoisotopic (exact) mass is 279 g/mol. The molecule has 0 aromatic carbocycles. The SMILES string of the molecule is CCNC(=O)CCNC(=O)c1nc(C(C)C)ncc1N. The summed E-state index contributed by atoms with van der Waals surface area (Å²) >= 11 is 0. The van der Waals surface area contributed by atoms with Crippen LogP contribution in [0.15, 0.2) is 6.20 Å². The predicted molar refractivity (Wildman–Crippen MR) is 76.2 cm³/mol. The number of nitrogens with zero attached hydrogens (tertiary/aromatic N) is 2. The highest BCUT2D eigenvalue weighted by atomic mass is 16.2. The summed E-state index contributed by atoms with van der Waals surface area (Å²) in [6.07, 6.45) is 1.66. The smallest absolute Gasteiger partial charge is 0.272 e. The average Bonchev–Trinajstić information content (AvgIpc) is 2.39. The third kappa shape index (κ3) is 4.49. The summed E-state index contributed by atoms with van der Waals surface area (Å²) in [6.45, 7) is 6.52. The average molecular weight is 279 g/mol. The summed E-state index contributed by atoms with van der Waals surface area (Å²) in [5.41, 5.74) is 6.08. The Balaban J connectivity index is 2.63. The maximum absolute atomic E-state index is 12.0. The van der Waals surface area contributed by atoms with Gasteiger partial charge in [-0.1, -0.05) is 13.8 Å². The molecule has 7 heteroatoms. The Morgan fingerprint density at radius 1 is 1.35 bits per heavy atom. The van der Waals surface area contributed by atoms with E-state index in [0.717, 1.165) is 0 Å². The fraction of sp³-hybridized carbons (Fsp3) is 0.538. The van der Waals surface area contributed by atoms with Crippen molar-refractivity contribution in [2.45, 2.75) is 33.1 Å². The maximum Gasteiger partial charge on any atom is 0.272 e. The minimum absolute atomic E-state index is 0.105. The second-order valence-electron chi connectivity index (χ2n) is 4.65. The van der Waals surface area contributed by atoms with E-state index in [1.54, 1.807) is 0 Å². The van der Waals surface area contributed by atoms with Crippen molar-refractivity contribution in [3.63, 3.8) is 0 Å². The van der Waals surface area contributed by atoms with Crippen molar-refractivity contribution < 1.29 is 9.59 Å². The lowest BCUT2D eigenvalue weighted by Gasteiger charge is -2.09. The van der Waals surface area contributed by atoms with Crippen LogP contribution in [0.25, 0.3) is 0 Å². The molecule has 0 fully saturated rings. The fourth-order valence-electron chi connectivity index (χ4n) is 1.52. The quantitative estimate of drug-likeness (QED) is 0.700. The molecule has 2 amide bonds. The molecule has 0 aliphatic carbocycles. The van der Waals surface area contributed by atoms with Crippen LogP contribution in [0.3, 0.4) is 0 Å². The van der Waals surface area contributed by atoms with Gasteiger partial charge in [0.1, 0.15) is 5.82 Å². The molecule has 1 aromatic rings. The van der Waals surface area contributed by atoms with E-state index < -0.39 is 5.91 Å². The van der Waals surface area contributed by atoms with Crippen LogP contribution in [0.5, 0.6) is 0 Å². The van der Waals surface area contributed by atoms with Gasteiger partial charge in [-0.05, 0) is 6.92 Å². The molecule has 0 aliphatic rings. The minimum Gasteiger partial charge on any atom is -0.396 e. The number of carbonyl (C=O) groups excluding carboxylic acids is 2. The summed E-state index contributed by atoms with van der Waals surface area (Å²) in [5.74, 6) is 0.174. The van der Waals surface area contributed by atoms with E-state index in [1.165, 1.54) is 6.20 Å². The minimum atomic E-state index is -0.393. The van der Waals surface area contributed by atoms with Crippen LogP contribution in [0, 0.1) is 0 Å². The van der Waals surface area contributed by atoms with Crippen LogP contribution in [0.4, 0.5) is 5.69 Å². The van der Waals surface area contributed by atoms with Gasteiger partial charge in [0, 0.05) is 25.4 Å². The first-order chi connectivity index (χ1) is 9.45. The summed E-state index contributed by atoms with van der Waals surface area (Å²) in [6, 6.07) is 0. The predicted octanol–water partition coefficient (Wildman–Crippen LogP) is 0.438. The molecule has 0 bridgehead atoms. The first kappa shape index (κ1) is 15.9. The van der Waals surface area contributed by atoms with Gasteiger partial charge in [-0.15, -0.1) is 0 Å². The zero-order valence-corrected chi connectivity index (χ0v) is 12.1. The zero-order valence-electron chi connectivity index (χ0n) is 12.1. The van der Waals surface area contributed by atoms with Crippen molar-refractivity contribution >= 4 is 17.5 Å². The van der Waals surface area contributed by atoms with Gasteiger partial charge >= 0.3 is 0 Å². The van der Waals surface area contributed by atoms with Gasteiger partial charge in [0.05, 0.1) is 11.9 Å². The number of aromatic nitrogens is 2. The van der Waals surface area contributed by atoms with Crippen molar-refractivity contribution in [2.24, 2.45) is 0 Å². The van der Waals surface area contributed by atoms with E-state index in [-0.39, 0.29) is 36.2 Å². The largest absolute Gasteiger partial charge is 0.396 e. The number of nitrogens with two attached hydrogens (primary N) is 1. The molecule has 4 N–H and O–H groups in total. The maximum atomic E-state index is 12.0. The number of nitrogen functional groups attached to an aromatic ring is 1. The molecule has 0 aliphatic heterocycles. The lowest BCUT2D eigenvalue weighted by atomic mass is 10.2. The van der Waals surface area contributed by atoms with E-state index in [2.05, 4.69) is 20.6 Å². The van der Waals surface area contributed by atoms with Gasteiger partial charge in [-0.25, -0.2) is 9.97 Å². The van der Waals surface area contributed by atoms with Gasteiger partial charge in [-0.3, -0.25) is 9.59 Å². The molecular formula is C13H21N5O2. The van der Waals surface area contributed by atoms with Crippen LogP contribution >= 0.6 is 0 Å². The second-order valence-corrected chi connectivity index (χ2v) is 4.65. The first-order valence-corrected chi connectivity index (χ1v) is 6.63. The van der Waals surface area contributed by atoms with Crippen molar-refractivity contribution in [2.75, 3.05) is 18.8 Å². The number of anilines is 1. The Morgan fingerprint density at radius 2 is 2.05 bits per heavy atom. The van der Waals surface area contributed by atoms with Crippen molar-refractivity contribution in [3.8, 4) is 0 Å². The van der Waals surface area contributed by atoms with Crippen LogP contribution in [-0.2, 0) is 4.79 Å². The van der Waals surface area contributed by atoms with E-state index in [0.29, 0.717) is 12.4 Å². The topological polar surface area (TPSA) is 110 Å². The van der Waals surface area contributed by atoms with E-state index in [9.17, 15) is 9.59 Å². The van der Waals surface area contributed by atoms with Gasteiger partial charge in [0.2, 0.25) is 5.91 Å². The molecule has 0 radical (unpaired) electrons. The molecule has 0 spiro atoms. The Morgan fingerprint density at radius 3 is 2.65 bits per heavy atom. The highest BCUT2D eigenvalue weighted by Gasteiger charge is 2.14. The number of hydrogen-bond acceptors (Lipinski definition) is 5. The molecule has 1 aromatic heterocycles. The molecule has 1 rings (SSSR count). The molecule has 0 saturated heterocycles. The molecule has 1 heterocycles. The van der Waals surface area contributed by atoms with Crippen LogP contribution in [0.2, 0.25) is 0 Å². The van der Waals surface area contributed by atoms with Crippen molar-refractivity contribution in [1.29, 1.82) is 0 Å². The molecule has 0 saturated carbocycles. The van der Waals surface area contributed by atoms with Gasteiger partial charge in [-0.2, -0.15) is 0 Å². The Kier molecular flexibility index (Phi) is 5.89. The number of amides is 2. The van der Waals surface area contributed by atoms with E-state index in [4.69, 9.17) is 5.73 Å². The van der Waals surface area contributed by atoms with Gasteiger partial charge < -0.3 is 16.4 Å². The molecule has 110 valence electrons. The Bertz CT molecular complexity index is 488. The van der Waals surface area contributed by atoms with Crippen molar-refractivity contribution in [1.82, 2.24) is 20.6 Å². The second kappa shape index (κ2) is 7.42. The first-order valence-electron chi connectivity index (χ1n) is 6.63. The van der Waals surface area contributed by atoms with E-state index >= 15 is 0 Å². The van der Waals surface area contributed by atoms with Gasteiger partial charge in [0.15, 0.2) is 5.69 Å².